The lowest BCUT2D eigenvalue weighted by Gasteiger charge is -2.07. The van der Waals surface area contributed by atoms with Gasteiger partial charge < -0.3 is 4.40 Å². The highest BCUT2D eigenvalue weighted by atomic mass is 35.5. The summed E-state index contributed by atoms with van der Waals surface area (Å²) in [5.74, 6) is -0.388. The Morgan fingerprint density at radius 3 is 2.65 bits per heavy atom. The molecule has 0 radical (unpaired) electrons. The summed E-state index contributed by atoms with van der Waals surface area (Å²) in [7, 11) is 1.34. The summed E-state index contributed by atoms with van der Waals surface area (Å²) in [5, 5.41) is 0.569. The summed E-state index contributed by atoms with van der Waals surface area (Å²) in [5.41, 5.74) is 0.172. The third-order valence-corrected chi connectivity index (χ3v) is 3.75. The Morgan fingerprint density at radius 2 is 1.96 bits per heavy atom. The van der Waals surface area contributed by atoms with E-state index in [0.29, 0.717) is 16.4 Å². The molecule has 0 aliphatic heterocycles. The number of ketones is 1. The highest BCUT2D eigenvalue weighted by Gasteiger charge is 2.13. The van der Waals surface area contributed by atoms with Gasteiger partial charge >= 0.3 is 5.69 Å². The number of nitrogens with zero attached hydrogens (tertiary/aromatic N) is 4. The van der Waals surface area contributed by atoms with Gasteiger partial charge in [0, 0.05) is 25.6 Å². The Balaban J connectivity index is 2.09. The molecule has 0 fully saturated rings. The normalized spacial score (nSPS) is 11.1. The minimum atomic E-state index is -0.597. The maximum absolute atomic E-state index is 12.2. The molecule has 3 aromatic rings. The fraction of sp³-hybridized carbons (Fsp3) is 0.200. The van der Waals surface area contributed by atoms with E-state index in [1.807, 2.05) is 0 Å². The molecule has 0 bridgehead atoms. The van der Waals surface area contributed by atoms with Crippen LogP contribution in [-0.4, -0.2) is 24.3 Å². The molecule has 0 atom stereocenters. The van der Waals surface area contributed by atoms with Crippen LogP contribution in [0.5, 0.6) is 0 Å². The quantitative estimate of drug-likeness (QED) is 0.673. The molecule has 0 N–H and O–H groups in total. The number of hydrogen-bond donors (Lipinski definition) is 0. The second-order valence-electron chi connectivity index (χ2n) is 5.22. The van der Waals surface area contributed by atoms with Crippen molar-refractivity contribution in [3.63, 3.8) is 0 Å². The topological polar surface area (TPSA) is 78.4 Å². The number of aromatic nitrogens is 4. The molecule has 3 aromatic heterocycles. The largest absolute Gasteiger partial charge is 0.331 e. The lowest BCUT2D eigenvalue weighted by Crippen LogP contribution is -2.40. The van der Waals surface area contributed by atoms with E-state index in [2.05, 4.69) is 4.98 Å². The number of fused-ring (bicyclic) bond motifs is 1. The van der Waals surface area contributed by atoms with Gasteiger partial charge in [-0.2, -0.15) is 0 Å². The zero-order valence-corrected chi connectivity index (χ0v) is 13.2. The molecule has 7 nitrogen and oxygen atoms in total. The Morgan fingerprint density at radius 1 is 1.22 bits per heavy atom. The number of halogens is 1. The van der Waals surface area contributed by atoms with Crippen molar-refractivity contribution in [2.24, 2.45) is 7.05 Å². The molecule has 0 aliphatic rings. The van der Waals surface area contributed by atoms with Gasteiger partial charge in [-0.1, -0.05) is 11.6 Å². The SMILES string of the molecule is CC(=O)c1cn(Cc2cn3cc(Cl)ccc3n2)c(=O)n(C)c1=O. The van der Waals surface area contributed by atoms with Crippen LogP contribution in [0.1, 0.15) is 23.0 Å². The zero-order valence-electron chi connectivity index (χ0n) is 12.5. The van der Waals surface area contributed by atoms with Crippen LogP contribution in [0.3, 0.4) is 0 Å². The highest BCUT2D eigenvalue weighted by molar-refractivity contribution is 6.30. The van der Waals surface area contributed by atoms with Crippen LogP contribution in [-0.2, 0) is 13.6 Å². The number of carbonyl (C=O) groups excluding carboxylic acids is 1. The van der Waals surface area contributed by atoms with Crippen molar-refractivity contribution >= 4 is 23.0 Å². The number of Topliss-reactive ketones (excluding diaryl/α,β-unsaturated/α-hetero) is 1. The molecule has 0 amide bonds. The van der Waals surface area contributed by atoms with Crippen molar-refractivity contribution in [1.29, 1.82) is 0 Å². The first-order valence-corrected chi connectivity index (χ1v) is 7.19. The predicted octanol–water partition coefficient (Wildman–Crippen LogP) is 1.10. The van der Waals surface area contributed by atoms with Gasteiger partial charge in [0.15, 0.2) is 5.78 Å². The van der Waals surface area contributed by atoms with Gasteiger partial charge in [0.05, 0.1) is 22.8 Å². The summed E-state index contributed by atoms with van der Waals surface area (Å²) in [4.78, 5) is 40.0. The number of rotatable bonds is 3. The van der Waals surface area contributed by atoms with E-state index < -0.39 is 11.2 Å². The average Bonchev–Trinajstić information content (AvgIpc) is 2.88. The van der Waals surface area contributed by atoms with Crippen LogP contribution in [0.25, 0.3) is 5.65 Å². The lowest BCUT2D eigenvalue weighted by atomic mass is 10.2. The minimum Gasteiger partial charge on any atom is -0.305 e. The van der Waals surface area contributed by atoms with Crippen molar-refractivity contribution in [3.05, 3.63) is 67.8 Å². The lowest BCUT2D eigenvalue weighted by molar-refractivity contribution is 0.101. The van der Waals surface area contributed by atoms with Crippen LogP contribution < -0.4 is 11.2 Å². The molecular weight excluding hydrogens is 320 g/mol. The Labute approximate surface area is 135 Å². The van der Waals surface area contributed by atoms with Gasteiger partial charge in [-0.15, -0.1) is 0 Å². The Bertz CT molecular complexity index is 1050. The molecule has 23 heavy (non-hydrogen) atoms. The molecule has 118 valence electrons. The van der Waals surface area contributed by atoms with Gasteiger partial charge in [0.25, 0.3) is 5.56 Å². The molecule has 0 aliphatic carbocycles. The van der Waals surface area contributed by atoms with Crippen LogP contribution in [0.4, 0.5) is 0 Å². The van der Waals surface area contributed by atoms with Crippen LogP contribution in [0, 0.1) is 0 Å². The molecule has 8 heteroatoms. The fourth-order valence-electron chi connectivity index (χ4n) is 2.35. The van der Waals surface area contributed by atoms with E-state index in [-0.39, 0.29) is 17.9 Å². The van der Waals surface area contributed by atoms with Crippen molar-refractivity contribution in [3.8, 4) is 0 Å². The third-order valence-electron chi connectivity index (χ3n) is 3.53. The van der Waals surface area contributed by atoms with Crippen LogP contribution in [0.2, 0.25) is 5.02 Å². The summed E-state index contributed by atoms with van der Waals surface area (Å²) >= 11 is 5.93. The second kappa shape index (κ2) is 5.51. The number of pyridine rings is 1. The van der Waals surface area contributed by atoms with Gasteiger partial charge in [-0.25, -0.2) is 9.78 Å². The first-order chi connectivity index (χ1) is 10.9. The van der Waals surface area contributed by atoms with Crippen molar-refractivity contribution in [1.82, 2.24) is 18.5 Å². The van der Waals surface area contributed by atoms with E-state index in [1.165, 1.54) is 24.7 Å². The second-order valence-corrected chi connectivity index (χ2v) is 5.66. The predicted molar refractivity (Wildman–Crippen MR) is 85.3 cm³/mol. The van der Waals surface area contributed by atoms with E-state index in [1.54, 1.807) is 28.9 Å². The van der Waals surface area contributed by atoms with E-state index in [4.69, 9.17) is 11.6 Å². The van der Waals surface area contributed by atoms with E-state index in [0.717, 1.165) is 4.57 Å². The summed E-state index contributed by atoms with van der Waals surface area (Å²) < 4.78 is 3.96. The first-order valence-electron chi connectivity index (χ1n) is 6.81. The van der Waals surface area contributed by atoms with Crippen molar-refractivity contribution in [2.75, 3.05) is 0 Å². The fourth-order valence-corrected chi connectivity index (χ4v) is 2.52. The van der Waals surface area contributed by atoms with Crippen LogP contribution >= 0.6 is 11.6 Å². The number of carbonyl (C=O) groups is 1. The van der Waals surface area contributed by atoms with Gasteiger partial charge in [-0.05, 0) is 19.1 Å². The third kappa shape index (κ3) is 2.70. The maximum Gasteiger partial charge on any atom is 0.331 e. The van der Waals surface area contributed by atoms with Gasteiger partial charge in [0.1, 0.15) is 5.65 Å². The summed E-state index contributed by atoms with van der Waals surface area (Å²) in [6.07, 6.45) is 4.73. The Kier molecular flexibility index (Phi) is 3.65. The van der Waals surface area contributed by atoms with Crippen molar-refractivity contribution in [2.45, 2.75) is 13.5 Å². The molecule has 0 unspecified atom stereocenters. The summed E-state index contributed by atoms with van der Waals surface area (Å²) in [6.45, 7) is 1.44. The van der Waals surface area contributed by atoms with Crippen molar-refractivity contribution < 1.29 is 4.79 Å². The summed E-state index contributed by atoms with van der Waals surface area (Å²) in [6, 6.07) is 3.48. The smallest absolute Gasteiger partial charge is 0.305 e. The van der Waals surface area contributed by atoms with Crippen LogP contribution in [0.15, 0.2) is 40.3 Å². The van der Waals surface area contributed by atoms with E-state index in [9.17, 15) is 14.4 Å². The number of imidazole rings is 1. The maximum atomic E-state index is 12.2. The minimum absolute atomic E-state index is 0.0288. The highest BCUT2D eigenvalue weighted by Crippen LogP contribution is 2.12. The Hall–Kier alpha value is -2.67. The van der Waals surface area contributed by atoms with Gasteiger partial charge in [-0.3, -0.25) is 18.7 Å². The average molecular weight is 333 g/mol. The standard InChI is InChI=1S/C15H13ClN4O3/c1-9(21)12-8-20(15(23)18(2)14(12)22)7-11-6-19-5-10(16)3-4-13(19)17-11/h3-6,8H,7H2,1-2H3. The van der Waals surface area contributed by atoms with Gasteiger partial charge in [0.2, 0.25) is 0 Å². The first kappa shape index (κ1) is 15.2. The molecular formula is C15H13ClN4O3. The molecule has 0 saturated carbocycles. The molecule has 3 heterocycles. The monoisotopic (exact) mass is 332 g/mol. The molecule has 0 aromatic carbocycles. The molecule has 0 spiro atoms. The zero-order chi connectivity index (χ0) is 16.7. The molecule has 0 saturated heterocycles. The molecule has 3 rings (SSSR count). The number of hydrogen-bond acceptors (Lipinski definition) is 4. The van der Waals surface area contributed by atoms with E-state index >= 15 is 0 Å².